The summed E-state index contributed by atoms with van der Waals surface area (Å²) in [5.74, 6) is 1.02. The quantitative estimate of drug-likeness (QED) is 0.185. The number of rotatable bonds is 4. The maximum atomic E-state index is 10.3. The minimum Gasteiger partial charge on any atom is -0.384 e. The van der Waals surface area contributed by atoms with Crippen LogP contribution in [0.5, 0.6) is 0 Å². The fraction of sp³-hybridized carbons (Fsp3) is 0.118. The van der Waals surface area contributed by atoms with Gasteiger partial charge in [-0.2, -0.15) is 10.2 Å². The van der Waals surface area contributed by atoms with Gasteiger partial charge in [0, 0.05) is 52.6 Å². The summed E-state index contributed by atoms with van der Waals surface area (Å²) in [5, 5.41) is 18.5. The first kappa shape index (κ1) is 33.2. The fourth-order valence-corrected chi connectivity index (χ4v) is 5.17. The number of halogens is 2. The van der Waals surface area contributed by atoms with E-state index in [4.69, 9.17) is 11.1 Å². The van der Waals surface area contributed by atoms with E-state index in [1.807, 2.05) is 86.8 Å². The van der Waals surface area contributed by atoms with Gasteiger partial charge in [-0.15, -0.1) is 0 Å². The van der Waals surface area contributed by atoms with Crippen molar-refractivity contribution in [3.8, 4) is 11.4 Å². The molecule has 0 amide bonds. The number of nitrogens with zero attached hydrogens (tertiary/aromatic N) is 6. The molecule has 9 nitrogen and oxygen atoms in total. The number of aromatic nitrogens is 4. The number of aldehydes is 1. The molecule has 0 bridgehead atoms. The highest BCUT2D eigenvalue weighted by Crippen LogP contribution is 2.24. The first-order chi connectivity index (χ1) is 21.6. The molecule has 0 fully saturated rings. The van der Waals surface area contributed by atoms with Crippen LogP contribution in [0.4, 0.5) is 5.82 Å². The van der Waals surface area contributed by atoms with Gasteiger partial charge < -0.3 is 5.73 Å². The van der Waals surface area contributed by atoms with Crippen molar-refractivity contribution in [1.82, 2.24) is 24.8 Å². The topological polar surface area (TPSA) is 126 Å². The van der Waals surface area contributed by atoms with Gasteiger partial charge in [0.1, 0.15) is 23.5 Å². The van der Waals surface area contributed by atoms with Gasteiger partial charge in [0.2, 0.25) is 0 Å². The lowest BCUT2D eigenvalue weighted by Crippen LogP contribution is -2.16. The van der Waals surface area contributed by atoms with Crippen molar-refractivity contribution in [2.45, 2.75) is 13.8 Å². The number of nitrogen functional groups attached to an aromatic ring is 1. The molecule has 4 heterocycles. The predicted octanol–water partition coefficient (Wildman–Crippen LogP) is 7.50. The Kier molecular flexibility index (Phi) is 11.3. The zero-order valence-electron chi connectivity index (χ0n) is 25.2. The molecule has 3 N–H and O–H groups in total. The van der Waals surface area contributed by atoms with E-state index in [1.165, 1.54) is 0 Å². The van der Waals surface area contributed by atoms with Crippen molar-refractivity contribution in [3.05, 3.63) is 134 Å². The van der Waals surface area contributed by atoms with Crippen LogP contribution >= 0.6 is 31.9 Å². The molecule has 0 atom stereocenters. The van der Waals surface area contributed by atoms with Crippen molar-refractivity contribution >= 4 is 61.6 Å². The Morgan fingerprint density at radius 1 is 0.778 bits per heavy atom. The number of aryl methyl sites for hydroxylation is 3. The Morgan fingerprint density at radius 3 is 1.84 bits per heavy atom. The zero-order valence-corrected chi connectivity index (χ0v) is 28.4. The molecule has 0 unspecified atom stereocenters. The van der Waals surface area contributed by atoms with E-state index in [2.05, 4.69) is 65.0 Å². The molecule has 5 aromatic rings. The second-order valence-electron chi connectivity index (χ2n) is 10.0. The molecule has 0 spiro atoms. The standard InChI is InChI=1S/C17H15BrN4.C9H10N4.C8H7BrO/c1-11-9-13(18)7-6-12(11)10-14-16(21-22(2)17(14)19)15-5-3-4-8-20-15;1-13-9(10)6-8(12-13)7-4-2-3-5-11-7;1-6-4-8(9)3-2-7(6)5-10/h3-10,19H,1-2H3;2-6H,10H2,1H3;2-5H,1H3. The molecular weight excluding hydrogens is 696 g/mol. The number of carbonyl (C=O) groups is 1. The van der Waals surface area contributed by atoms with Crippen molar-refractivity contribution in [2.75, 3.05) is 12.8 Å². The first-order valence-electron chi connectivity index (χ1n) is 13.8. The largest absolute Gasteiger partial charge is 0.384 e. The normalized spacial score (nSPS) is 13.0. The SMILES string of the molecule is Cc1cc(Br)ccc1C=C1C(=N)N(C)N=C1c1ccccn1.Cc1cc(Br)ccc1C=O.Cn1nc(-c2ccccn2)cc1N. The number of pyridine rings is 2. The van der Waals surface area contributed by atoms with Crippen LogP contribution in [0.15, 0.2) is 111 Å². The van der Waals surface area contributed by atoms with Crippen LogP contribution in [-0.4, -0.2) is 49.6 Å². The van der Waals surface area contributed by atoms with E-state index in [-0.39, 0.29) is 0 Å². The maximum absolute atomic E-state index is 10.3. The summed E-state index contributed by atoms with van der Waals surface area (Å²) < 4.78 is 3.68. The highest BCUT2D eigenvalue weighted by molar-refractivity contribution is 9.10. The van der Waals surface area contributed by atoms with Gasteiger partial charge in [-0.3, -0.25) is 29.9 Å². The van der Waals surface area contributed by atoms with Crippen molar-refractivity contribution < 1.29 is 4.79 Å². The first-order valence-corrected chi connectivity index (χ1v) is 15.4. The molecule has 1 aliphatic heterocycles. The Labute approximate surface area is 279 Å². The number of hydrogen-bond acceptors (Lipinski definition) is 7. The molecule has 0 radical (unpaired) electrons. The van der Waals surface area contributed by atoms with Crippen LogP contribution in [0.25, 0.3) is 17.5 Å². The summed E-state index contributed by atoms with van der Waals surface area (Å²) in [4.78, 5) is 18.9. The van der Waals surface area contributed by atoms with Crippen molar-refractivity contribution in [2.24, 2.45) is 12.1 Å². The molecule has 1 aliphatic rings. The minimum absolute atomic E-state index is 0.378. The molecule has 0 saturated carbocycles. The van der Waals surface area contributed by atoms with Crippen LogP contribution < -0.4 is 5.73 Å². The number of anilines is 1. The average molecular weight is 728 g/mol. The van der Waals surface area contributed by atoms with E-state index >= 15 is 0 Å². The van der Waals surface area contributed by atoms with E-state index < -0.39 is 0 Å². The summed E-state index contributed by atoms with van der Waals surface area (Å²) in [5.41, 5.74) is 13.6. The lowest BCUT2D eigenvalue weighted by molar-refractivity contribution is 0.112. The van der Waals surface area contributed by atoms with E-state index in [9.17, 15) is 4.79 Å². The lowest BCUT2D eigenvalue weighted by atomic mass is 10.0. The molecule has 2 aromatic carbocycles. The second-order valence-corrected chi connectivity index (χ2v) is 11.8. The number of benzene rings is 2. The molecule has 228 valence electrons. The highest BCUT2D eigenvalue weighted by Gasteiger charge is 2.26. The third-order valence-electron chi connectivity index (χ3n) is 6.73. The molecule has 3 aromatic heterocycles. The van der Waals surface area contributed by atoms with Crippen LogP contribution in [0.2, 0.25) is 0 Å². The Bertz CT molecular complexity index is 1850. The van der Waals surface area contributed by atoms with Crippen LogP contribution in [0.3, 0.4) is 0 Å². The molecular formula is C34H32Br2N8O. The molecule has 11 heteroatoms. The van der Waals surface area contributed by atoms with Crippen LogP contribution in [0, 0.1) is 19.3 Å². The summed E-state index contributed by atoms with van der Waals surface area (Å²) in [6.45, 7) is 3.96. The van der Waals surface area contributed by atoms with E-state index in [0.29, 0.717) is 11.7 Å². The van der Waals surface area contributed by atoms with Gasteiger partial charge in [0.05, 0.1) is 11.4 Å². The Hall–Kier alpha value is -4.74. The summed E-state index contributed by atoms with van der Waals surface area (Å²) >= 11 is 6.78. The third kappa shape index (κ3) is 8.68. The maximum Gasteiger partial charge on any atom is 0.150 e. The second kappa shape index (κ2) is 15.3. The van der Waals surface area contributed by atoms with Gasteiger partial charge in [-0.25, -0.2) is 0 Å². The van der Waals surface area contributed by atoms with E-state index in [0.717, 1.165) is 65.9 Å². The summed E-state index contributed by atoms with van der Waals surface area (Å²) in [7, 11) is 3.59. The fourth-order valence-electron chi connectivity index (χ4n) is 4.22. The number of nitrogens with one attached hydrogen (secondary N) is 1. The summed E-state index contributed by atoms with van der Waals surface area (Å²) in [6.07, 6.45) is 6.34. The lowest BCUT2D eigenvalue weighted by Gasteiger charge is -2.07. The van der Waals surface area contributed by atoms with Crippen LogP contribution in [-0.2, 0) is 7.05 Å². The van der Waals surface area contributed by atoms with Crippen LogP contribution in [0.1, 0.15) is 32.7 Å². The van der Waals surface area contributed by atoms with Crippen molar-refractivity contribution in [3.63, 3.8) is 0 Å². The highest BCUT2D eigenvalue weighted by atomic mass is 79.9. The van der Waals surface area contributed by atoms with Gasteiger partial charge >= 0.3 is 0 Å². The predicted molar refractivity (Wildman–Crippen MR) is 188 cm³/mol. The van der Waals surface area contributed by atoms with Gasteiger partial charge in [0.15, 0.2) is 5.84 Å². The number of hydrazone groups is 1. The Balaban J connectivity index is 0.000000170. The van der Waals surface area contributed by atoms with Gasteiger partial charge in [-0.05, 0) is 85.1 Å². The monoisotopic (exact) mass is 726 g/mol. The average Bonchev–Trinajstić information content (AvgIpc) is 3.52. The molecule has 45 heavy (non-hydrogen) atoms. The minimum atomic E-state index is 0.378. The number of carbonyl (C=O) groups excluding carboxylic acids is 1. The number of nitrogens with two attached hydrogens (primary N) is 1. The third-order valence-corrected chi connectivity index (χ3v) is 7.71. The number of amidine groups is 1. The molecule has 6 rings (SSSR count). The smallest absolute Gasteiger partial charge is 0.150 e. The zero-order chi connectivity index (χ0) is 32.5. The number of likely N-dealkylation sites (N-methyl/N-ethyl adjacent to an activating group) is 1. The molecule has 0 aliphatic carbocycles. The molecule has 0 saturated heterocycles. The van der Waals surface area contributed by atoms with Crippen molar-refractivity contribution in [1.29, 1.82) is 5.41 Å². The Morgan fingerprint density at radius 2 is 1.36 bits per heavy atom. The van der Waals surface area contributed by atoms with E-state index in [1.54, 1.807) is 35.2 Å². The number of hydrogen-bond donors (Lipinski definition) is 2. The van der Waals surface area contributed by atoms with Gasteiger partial charge in [0.25, 0.3) is 0 Å². The summed E-state index contributed by atoms with van der Waals surface area (Å²) in [6, 6.07) is 24.9. The van der Waals surface area contributed by atoms with Gasteiger partial charge in [-0.1, -0.05) is 56.1 Å².